The van der Waals surface area contributed by atoms with E-state index in [9.17, 15) is 8.42 Å². The molecule has 1 fully saturated rings. The molecule has 1 aliphatic rings. The van der Waals surface area contributed by atoms with Gasteiger partial charge in [0.15, 0.2) is 0 Å². The average Bonchev–Trinajstić information content (AvgIpc) is 2.74. The van der Waals surface area contributed by atoms with Gasteiger partial charge in [-0.05, 0) is 43.3 Å². The van der Waals surface area contributed by atoms with E-state index in [0.717, 1.165) is 48.3 Å². The zero-order chi connectivity index (χ0) is 21.1. The average molecular weight is 445 g/mol. The minimum Gasteiger partial charge on any atom is -0.368 e. The molecule has 0 amide bonds. The first-order valence-corrected chi connectivity index (χ1v) is 11.9. The second kappa shape index (κ2) is 8.89. The highest BCUT2D eigenvalue weighted by Crippen LogP contribution is 2.28. The fourth-order valence-electron chi connectivity index (χ4n) is 3.73. The molecule has 1 aliphatic heterocycles. The summed E-state index contributed by atoms with van der Waals surface area (Å²) in [6, 6.07) is 14.7. The maximum absolute atomic E-state index is 12.4. The topological polar surface area (TPSA) is 65.5 Å². The summed E-state index contributed by atoms with van der Waals surface area (Å²) in [4.78, 5) is 9.37. The van der Waals surface area contributed by atoms with Crippen molar-refractivity contribution in [1.29, 1.82) is 0 Å². The lowest BCUT2D eigenvalue weighted by molar-refractivity contribution is 0.262. The van der Waals surface area contributed by atoms with Gasteiger partial charge in [-0.25, -0.2) is 13.1 Å². The standard InChI is InChI=1S/C22H25ClN4O2S/c1-17-2-5-19(6-3-17)30(28,29)25-10-11-26-12-14-27(15-13-26)22-8-9-24-21-16-18(23)4-7-20(21)22/h2-9,16,25H,10-15H2,1H3. The van der Waals surface area contributed by atoms with Gasteiger partial charge < -0.3 is 4.90 Å². The smallest absolute Gasteiger partial charge is 0.240 e. The Bertz CT molecular complexity index is 1130. The Labute approximate surface area is 182 Å². The molecule has 2 heterocycles. The molecule has 4 rings (SSSR count). The van der Waals surface area contributed by atoms with Crippen LogP contribution in [-0.4, -0.2) is 57.6 Å². The van der Waals surface area contributed by atoms with Gasteiger partial charge in [-0.15, -0.1) is 0 Å². The molecule has 3 aromatic rings. The van der Waals surface area contributed by atoms with E-state index in [1.807, 2.05) is 49.5 Å². The van der Waals surface area contributed by atoms with Crippen LogP contribution in [0.2, 0.25) is 5.02 Å². The van der Waals surface area contributed by atoms with Gasteiger partial charge >= 0.3 is 0 Å². The van der Waals surface area contributed by atoms with E-state index < -0.39 is 10.0 Å². The summed E-state index contributed by atoms with van der Waals surface area (Å²) in [5, 5.41) is 1.78. The molecule has 0 saturated carbocycles. The molecule has 0 unspecified atom stereocenters. The van der Waals surface area contributed by atoms with Crippen LogP contribution in [-0.2, 0) is 10.0 Å². The maximum Gasteiger partial charge on any atom is 0.240 e. The highest BCUT2D eigenvalue weighted by molar-refractivity contribution is 7.89. The molecule has 0 bridgehead atoms. The molecule has 1 saturated heterocycles. The van der Waals surface area contributed by atoms with Crippen molar-refractivity contribution in [2.45, 2.75) is 11.8 Å². The first kappa shape index (κ1) is 21.1. The lowest BCUT2D eigenvalue weighted by Gasteiger charge is -2.36. The molecule has 1 N–H and O–H groups in total. The number of halogens is 1. The summed E-state index contributed by atoms with van der Waals surface area (Å²) in [5.41, 5.74) is 3.10. The molecule has 2 aromatic carbocycles. The van der Waals surface area contributed by atoms with Crippen LogP contribution in [0.25, 0.3) is 10.9 Å². The second-order valence-corrected chi connectivity index (χ2v) is 9.73. The molecule has 158 valence electrons. The number of sulfonamides is 1. The highest BCUT2D eigenvalue weighted by Gasteiger charge is 2.20. The van der Waals surface area contributed by atoms with Crippen molar-refractivity contribution in [2.24, 2.45) is 0 Å². The Morgan fingerprint density at radius 2 is 1.77 bits per heavy atom. The minimum atomic E-state index is -3.46. The Hall–Kier alpha value is -2.19. The molecular formula is C22H25ClN4O2S. The number of aromatic nitrogens is 1. The zero-order valence-electron chi connectivity index (χ0n) is 16.9. The number of rotatable bonds is 6. The van der Waals surface area contributed by atoms with Crippen LogP contribution in [0.3, 0.4) is 0 Å². The first-order chi connectivity index (χ1) is 14.4. The van der Waals surface area contributed by atoms with Crippen molar-refractivity contribution in [3.63, 3.8) is 0 Å². The van der Waals surface area contributed by atoms with Crippen LogP contribution in [0, 0.1) is 6.92 Å². The van der Waals surface area contributed by atoms with Crippen LogP contribution in [0.15, 0.2) is 59.6 Å². The normalized spacial score (nSPS) is 15.6. The van der Waals surface area contributed by atoms with Crippen LogP contribution in [0.5, 0.6) is 0 Å². The fraction of sp³-hybridized carbons (Fsp3) is 0.318. The van der Waals surface area contributed by atoms with Gasteiger partial charge in [0.05, 0.1) is 10.4 Å². The lowest BCUT2D eigenvalue weighted by Crippen LogP contribution is -2.48. The minimum absolute atomic E-state index is 0.308. The van der Waals surface area contributed by atoms with E-state index in [1.54, 1.807) is 12.1 Å². The molecule has 1 aromatic heterocycles. The number of anilines is 1. The van der Waals surface area contributed by atoms with Crippen LogP contribution in [0.4, 0.5) is 5.69 Å². The summed E-state index contributed by atoms with van der Waals surface area (Å²) >= 11 is 6.09. The summed E-state index contributed by atoms with van der Waals surface area (Å²) in [6.07, 6.45) is 1.82. The number of nitrogens with one attached hydrogen (secondary N) is 1. The van der Waals surface area contributed by atoms with Crippen LogP contribution in [0.1, 0.15) is 5.56 Å². The molecule has 0 aliphatic carbocycles. The summed E-state index contributed by atoms with van der Waals surface area (Å²) in [5.74, 6) is 0. The van der Waals surface area contributed by atoms with Crippen molar-refractivity contribution < 1.29 is 8.42 Å². The Balaban J connectivity index is 1.32. The van der Waals surface area contributed by atoms with Gasteiger partial charge in [-0.1, -0.05) is 29.3 Å². The number of piperazine rings is 1. The molecule has 0 radical (unpaired) electrons. The Morgan fingerprint density at radius 3 is 2.50 bits per heavy atom. The van der Waals surface area contributed by atoms with Crippen molar-refractivity contribution >= 4 is 38.2 Å². The van der Waals surface area contributed by atoms with Gasteiger partial charge in [0.2, 0.25) is 10.0 Å². The van der Waals surface area contributed by atoms with E-state index in [0.29, 0.717) is 23.0 Å². The van der Waals surface area contributed by atoms with Crippen molar-refractivity contribution in [1.82, 2.24) is 14.6 Å². The number of hydrogen-bond donors (Lipinski definition) is 1. The predicted molar refractivity (Wildman–Crippen MR) is 122 cm³/mol. The third-order valence-corrected chi connectivity index (χ3v) is 7.16. The van der Waals surface area contributed by atoms with E-state index in [1.165, 1.54) is 0 Å². The van der Waals surface area contributed by atoms with E-state index in [2.05, 4.69) is 19.5 Å². The lowest BCUT2D eigenvalue weighted by atomic mass is 10.1. The Morgan fingerprint density at radius 1 is 1.03 bits per heavy atom. The van der Waals surface area contributed by atoms with Gasteiger partial charge in [-0.3, -0.25) is 9.88 Å². The molecule has 30 heavy (non-hydrogen) atoms. The van der Waals surface area contributed by atoms with Crippen LogP contribution >= 0.6 is 11.6 Å². The SMILES string of the molecule is Cc1ccc(S(=O)(=O)NCCN2CCN(c3ccnc4cc(Cl)ccc34)CC2)cc1. The molecule has 0 spiro atoms. The van der Waals surface area contributed by atoms with Crippen molar-refractivity contribution in [3.05, 3.63) is 65.3 Å². The van der Waals surface area contributed by atoms with Gasteiger partial charge in [0.25, 0.3) is 0 Å². The van der Waals surface area contributed by atoms with Crippen molar-refractivity contribution in [3.8, 4) is 0 Å². The number of fused-ring (bicyclic) bond motifs is 1. The quantitative estimate of drug-likeness (QED) is 0.632. The monoisotopic (exact) mass is 444 g/mol. The van der Waals surface area contributed by atoms with Gasteiger partial charge in [0.1, 0.15) is 0 Å². The third kappa shape index (κ3) is 4.75. The number of nitrogens with zero attached hydrogens (tertiary/aromatic N) is 3. The molecular weight excluding hydrogens is 420 g/mol. The fourth-order valence-corrected chi connectivity index (χ4v) is 4.92. The molecule has 6 nitrogen and oxygen atoms in total. The van der Waals surface area contributed by atoms with E-state index in [4.69, 9.17) is 11.6 Å². The van der Waals surface area contributed by atoms with E-state index in [-0.39, 0.29) is 0 Å². The third-order valence-electron chi connectivity index (χ3n) is 5.45. The summed E-state index contributed by atoms with van der Waals surface area (Å²) in [6.45, 7) is 6.54. The van der Waals surface area contributed by atoms with E-state index >= 15 is 0 Å². The number of aryl methyl sites for hydroxylation is 1. The molecule has 0 atom stereocenters. The van der Waals surface area contributed by atoms with Crippen LogP contribution < -0.4 is 9.62 Å². The van der Waals surface area contributed by atoms with Gasteiger partial charge in [-0.2, -0.15) is 0 Å². The highest BCUT2D eigenvalue weighted by atomic mass is 35.5. The number of pyridine rings is 1. The number of hydrogen-bond acceptors (Lipinski definition) is 5. The number of benzene rings is 2. The predicted octanol–water partition coefficient (Wildman–Crippen LogP) is 3.30. The van der Waals surface area contributed by atoms with Gasteiger partial charge in [0, 0.05) is 61.6 Å². The summed E-state index contributed by atoms with van der Waals surface area (Å²) < 4.78 is 27.5. The van der Waals surface area contributed by atoms with Crippen molar-refractivity contribution in [2.75, 3.05) is 44.2 Å². The second-order valence-electron chi connectivity index (χ2n) is 7.53. The maximum atomic E-state index is 12.4. The largest absolute Gasteiger partial charge is 0.368 e. The summed E-state index contributed by atoms with van der Waals surface area (Å²) in [7, 11) is -3.46. The zero-order valence-corrected chi connectivity index (χ0v) is 18.5. The molecule has 8 heteroatoms. The Kier molecular flexibility index (Phi) is 6.24. The first-order valence-electron chi connectivity index (χ1n) is 10.0.